The van der Waals surface area contributed by atoms with E-state index in [4.69, 9.17) is 5.73 Å². The van der Waals surface area contributed by atoms with E-state index in [1.807, 2.05) is 11.9 Å². The lowest BCUT2D eigenvalue weighted by Crippen LogP contribution is -2.42. The van der Waals surface area contributed by atoms with Crippen LogP contribution in [0.4, 0.5) is 15.8 Å². The molecule has 0 bridgehead atoms. The zero-order valence-corrected chi connectivity index (χ0v) is 10.5. The Balaban J connectivity index is 2.26. The molecule has 0 unspecified atom stereocenters. The number of nitrogens with zero attached hydrogens (tertiary/aromatic N) is 2. The Morgan fingerprint density at radius 1 is 1.39 bits per heavy atom. The molecule has 1 amide bonds. The predicted molar refractivity (Wildman–Crippen MR) is 70.3 cm³/mol. The molecule has 98 valence electrons. The molecule has 1 heterocycles. The van der Waals surface area contributed by atoms with Gasteiger partial charge in [0.1, 0.15) is 5.82 Å². The molecule has 1 aliphatic heterocycles. The SMILES string of the molecule is CN1CCN(C(=O)CCCN)c2ccc(F)cc21. The summed E-state index contributed by atoms with van der Waals surface area (Å²) in [7, 11) is 1.90. The molecule has 0 aliphatic carbocycles. The molecule has 1 aromatic carbocycles. The third-order valence-electron chi connectivity index (χ3n) is 3.19. The van der Waals surface area contributed by atoms with Crippen LogP contribution in [0.3, 0.4) is 0 Å². The maximum Gasteiger partial charge on any atom is 0.227 e. The maximum absolute atomic E-state index is 13.3. The van der Waals surface area contributed by atoms with Gasteiger partial charge in [-0.2, -0.15) is 0 Å². The summed E-state index contributed by atoms with van der Waals surface area (Å²) in [5.74, 6) is -0.224. The quantitative estimate of drug-likeness (QED) is 0.882. The standard InChI is InChI=1S/C13H18FN3O/c1-16-7-8-17(13(18)3-2-6-15)11-5-4-10(14)9-12(11)16/h4-5,9H,2-3,6-8,15H2,1H3. The number of rotatable bonds is 3. The fraction of sp³-hybridized carbons (Fsp3) is 0.462. The summed E-state index contributed by atoms with van der Waals surface area (Å²) >= 11 is 0. The molecular formula is C13H18FN3O. The number of amides is 1. The third-order valence-corrected chi connectivity index (χ3v) is 3.19. The highest BCUT2D eigenvalue weighted by Crippen LogP contribution is 2.33. The minimum atomic E-state index is -0.281. The van der Waals surface area contributed by atoms with Crippen LogP contribution in [0, 0.1) is 5.82 Å². The number of fused-ring (bicyclic) bond motifs is 1. The monoisotopic (exact) mass is 251 g/mol. The van der Waals surface area contributed by atoms with E-state index in [1.54, 1.807) is 11.0 Å². The van der Waals surface area contributed by atoms with Crippen LogP contribution < -0.4 is 15.5 Å². The first-order valence-electron chi connectivity index (χ1n) is 6.14. The second-order valence-electron chi connectivity index (χ2n) is 4.49. The van der Waals surface area contributed by atoms with Crippen molar-refractivity contribution in [2.24, 2.45) is 5.73 Å². The number of carbonyl (C=O) groups is 1. The molecule has 0 spiro atoms. The number of hydrogen-bond acceptors (Lipinski definition) is 3. The van der Waals surface area contributed by atoms with E-state index < -0.39 is 0 Å². The fourth-order valence-electron chi connectivity index (χ4n) is 2.17. The van der Waals surface area contributed by atoms with Gasteiger partial charge in [0.2, 0.25) is 5.91 Å². The first-order valence-corrected chi connectivity index (χ1v) is 6.14. The van der Waals surface area contributed by atoms with E-state index in [0.717, 1.165) is 11.4 Å². The number of likely N-dealkylation sites (N-methyl/N-ethyl adjacent to an activating group) is 1. The van der Waals surface area contributed by atoms with Crippen LogP contribution in [0.5, 0.6) is 0 Å². The summed E-state index contributed by atoms with van der Waals surface area (Å²) in [5.41, 5.74) is 6.96. The Morgan fingerprint density at radius 3 is 2.89 bits per heavy atom. The lowest BCUT2D eigenvalue weighted by Gasteiger charge is -2.35. The van der Waals surface area contributed by atoms with Gasteiger partial charge in [-0.15, -0.1) is 0 Å². The van der Waals surface area contributed by atoms with E-state index in [1.165, 1.54) is 12.1 Å². The summed E-state index contributed by atoms with van der Waals surface area (Å²) in [4.78, 5) is 15.8. The molecule has 0 atom stereocenters. The predicted octanol–water partition coefficient (Wildman–Crippen LogP) is 1.35. The summed E-state index contributed by atoms with van der Waals surface area (Å²) in [6, 6.07) is 4.53. The van der Waals surface area contributed by atoms with Crippen LogP contribution in [-0.2, 0) is 4.79 Å². The van der Waals surface area contributed by atoms with E-state index in [9.17, 15) is 9.18 Å². The highest BCUT2D eigenvalue weighted by molar-refractivity contribution is 5.97. The number of benzene rings is 1. The molecule has 5 heteroatoms. The van der Waals surface area contributed by atoms with Crippen LogP contribution in [0.2, 0.25) is 0 Å². The van der Waals surface area contributed by atoms with Crippen LogP contribution in [0.1, 0.15) is 12.8 Å². The average molecular weight is 251 g/mol. The van der Waals surface area contributed by atoms with E-state index in [-0.39, 0.29) is 11.7 Å². The van der Waals surface area contributed by atoms with Crippen molar-refractivity contribution >= 4 is 17.3 Å². The second kappa shape index (κ2) is 5.35. The second-order valence-corrected chi connectivity index (χ2v) is 4.49. The zero-order chi connectivity index (χ0) is 13.1. The van der Waals surface area contributed by atoms with E-state index in [0.29, 0.717) is 32.5 Å². The van der Waals surface area contributed by atoms with Crippen molar-refractivity contribution in [3.8, 4) is 0 Å². The van der Waals surface area contributed by atoms with Crippen LogP contribution >= 0.6 is 0 Å². The molecule has 18 heavy (non-hydrogen) atoms. The van der Waals surface area contributed by atoms with Crippen molar-refractivity contribution < 1.29 is 9.18 Å². The van der Waals surface area contributed by atoms with Gasteiger partial charge in [0.15, 0.2) is 0 Å². The topological polar surface area (TPSA) is 49.6 Å². The normalized spacial score (nSPS) is 14.6. The number of anilines is 2. The molecule has 2 N–H and O–H groups in total. The Kier molecular flexibility index (Phi) is 3.81. The number of halogens is 1. The molecule has 0 saturated heterocycles. The van der Waals surface area contributed by atoms with Gasteiger partial charge in [-0.1, -0.05) is 0 Å². The fourth-order valence-corrected chi connectivity index (χ4v) is 2.17. The van der Waals surface area contributed by atoms with Gasteiger partial charge in [-0.05, 0) is 31.2 Å². The Labute approximate surface area is 106 Å². The summed E-state index contributed by atoms with van der Waals surface area (Å²) in [6.45, 7) is 1.86. The summed E-state index contributed by atoms with van der Waals surface area (Å²) < 4.78 is 13.3. The van der Waals surface area contributed by atoms with E-state index >= 15 is 0 Å². The number of nitrogens with two attached hydrogens (primary N) is 1. The van der Waals surface area contributed by atoms with Crippen molar-refractivity contribution in [2.75, 3.05) is 36.5 Å². The van der Waals surface area contributed by atoms with E-state index in [2.05, 4.69) is 0 Å². The van der Waals surface area contributed by atoms with Gasteiger partial charge < -0.3 is 15.5 Å². The van der Waals surface area contributed by atoms with Crippen molar-refractivity contribution in [3.63, 3.8) is 0 Å². The number of carbonyl (C=O) groups excluding carboxylic acids is 1. The smallest absolute Gasteiger partial charge is 0.227 e. The van der Waals surface area contributed by atoms with Crippen molar-refractivity contribution in [1.82, 2.24) is 0 Å². The van der Waals surface area contributed by atoms with Gasteiger partial charge in [0.05, 0.1) is 11.4 Å². The molecular weight excluding hydrogens is 233 g/mol. The lowest BCUT2D eigenvalue weighted by atomic mass is 10.1. The molecule has 0 aromatic heterocycles. The molecule has 0 radical (unpaired) electrons. The molecule has 1 aliphatic rings. The summed E-state index contributed by atoms with van der Waals surface area (Å²) in [6.07, 6.45) is 1.12. The Hall–Kier alpha value is -1.62. The molecule has 0 fully saturated rings. The van der Waals surface area contributed by atoms with Crippen LogP contribution in [0.15, 0.2) is 18.2 Å². The Bertz CT molecular complexity index is 450. The first kappa shape index (κ1) is 12.8. The average Bonchev–Trinajstić information content (AvgIpc) is 2.37. The molecule has 0 saturated carbocycles. The van der Waals surface area contributed by atoms with Crippen LogP contribution in [0.25, 0.3) is 0 Å². The number of hydrogen-bond donors (Lipinski definition) is 1. The molecule has 4 nitrogen and oxygen atoms in total. The zero-order valence-electron chi connectivity index (χ0n) is 10.5. The van der Waals surface area contributed by atoms with Gasteiger partial charge in [0.25, 0.3) is 0 Å². The highest BCUT2D eigenvalue weighted by atomic mass is 19.1. The first-order chi connectivity index (χ1) is 8.63. The van der Waals surface area contributed by atoms with Crippen molar-refractivity contribution in [1.29, 1.82) is 0 Å². The van der Waals surface area contributed by atoms with Gasteiger partial charge in [-0.3, -0.25) is 4.79 Å². The molecule has 2 rings (SSSR count). The minimum absolute atomic E-state index is 0.0569. The van der Waals surface area contributed by atoms with Crippen molar-refractivity contribution in [3.05, 3.63) is 24.0 Å². The highest BCUT2D eigenvalue weighted by Gasteiger charge is 2.24. The van der Waals surface area contributed by atoms with Crippen molar-refractivity contribution in [2.45, 2.75) is 12.8 Å². The van der Waals surface area contributed by atoms with Gasteiger partial charge in [0, 0.05) is 26.6 Å². The van der Waals surface area contributed by atoms with Gasteiger partial charge >= 0.3 is 0 Å². The van der Waals surface area contributed by atoms with Crippen LogP contribution in [-0.4, -0.2) is 32.6 Å². The molecule has 1 aromatic rings. The lowest BCUT2D eigenvalue weighted by molar-refractivity contribution is -0.118. The summed E-state index contributed by atoms with van der Waals surface area (Å²) in [5, 5.41) is 0. The largest absolute Gasteiger partial charge is 0.371 e. The Morgan fingerprint density at radius 2 is 2.17 bits per heavy atom. The maximum atomic E-state index is 13.3. The van der Waals surface area contributed by atoms with Gasteiger partial charge in [-0.25, -0.2) is 4.39 Å². The third kappa shape index (κ3) is 2.46. The minimum Gasteiger partial charge on any atom is -0.371 e.